The van der Waals surface area contributed by atoms with Gasteiger partial charge in [0, 0.05) is 12.1 Å². The van der Waals surface area contributed by atoms with E-state index in [4.69, 9.17) is 0 Å². The summed E-state index contributed by atoms with van der Waals surface area (Å²) in [6, 6.07) is 8.68. The van der Waals surface area contributed by atoms with E-state index in [1.807, 2.05) is 44.2 Å². The number of carboxylic acids is 1. The predicted molar refractivity (Wildman–Crippen MR) is 82.8 cm³/mol. The van der Waals surface area contributed by atoms with Crippen LogP contribution in [0.4, 0.5) is 0 Å². The first-order chi connectivity index (χ1) is 9.85. The number of rotatable bonds is 6. The Morgan fingerprint density at radius 3 is 2.52 bits per heavy atom. The summed E-state index contributed by atoms with van der Waals surface area (Å²) in [5.74, 6) is 4.75. The maximum Gasteiger partial charge on any atom is 0.320 e. The van der Waals surface area contributed by atoms with Crippen LogP contribution in [0.15, 0.2) is 30.3 Å². The SMILES string of the molecule is CC[C@@H](C)[C@@H](NC[C@](C)(O)C#Cc1ccccc1)C(=O)O. The Kier molecular flexibility index (Phi) is 6.41. The summed E-state index contributed by atoms with van der Waals surface area (Å²) in [5, 5.41) is 22.3. The maximum absolute atomic E-state index is 11.2. The fraction of sp³-hybridized carbons (Fsp3) is 0.471. The van der Waals surface area contributed by atoms with Crippen LogP contribution in [0, 0.1) is 17.8 Å². The van der Waals surface area contributed by atoms with E-state index in [1.165, 1.54) is 0 Å². The topological polar surface area (TPSA) is 69.6 Å². The van der Waals surface area contributed by atoms with Crippen LogP contribution >= 0.6 is 0 Å². The molecule has 0 unspecified atom stereocenters. The molecular formula is C17H23NO3. The molecule has 0 saturated heterocycles. The molecule has 4 heteroatoms. The van der Waals surface area contributed by atoms with Crippen LogP contribution in [-0.4, -0.2) is 34.4 Å². The Morgan fingerprint density at radius 2 is 2.00 bits per heavy atom. The fourth-order valence-electron chi connectivity index (χ4n) is 1.85. The lowest BCUT2D eigenvalue weighted by Gasteiger charge is -2.24. The van der Waals surface area contributed by atoms with E-state index in [0.29, 0.717) is 0 Å². The molecule has 114 valence electrons. The number of hydrogen-bond acceptors (Lipinski definition) is 3. The lowest BCUT2D eigenvalue weighted by Crippen LogP contribution is -2.48. The van der Waals surface area contributed by atoms with Crippen molar-refractivity contribution >= 4 is 5.97 Å². The van der Waals surface area contributed by atoms with Gasteiger partial charge in [0.25, 0.3) is 0 Å². The van der Waals surface area contributed by atoms with Gasteiger partial charge in [-0.1, -0.05) is 50.3 Å². The third-order valence-corrected chi connectivity index (χ3v) is 3.40. The van der Waals surface area contributed by atoms with Gasteiger partial charge in [0.05, 0.1) is 0 Å². The number of carbonyl (C=O) groups is 1. The molecule has 0 aliphatic heterocycles. The first-order valence-electron chi connectivity index (χ1n) is 7.12. The zero-order valence-corrected chi connectivity index (χ0v) is 12.8. The summed E-state index contributed by atoms with van der Waals surface area (Å²) in [6.45, 7) is 5.49. The molecule has 0 spiro atoms. The normalized spacial score (nSPS) is 16.2. The molecular weight excluding hydrogens is 266 g/mol. The van der Waals surface area contributed by atoms with Gasteiger partial charge in [-0.2, -0.15) is 0 Å². The highest BCUT2D eigenvalue weighted by Gasteiger charge is 2.26. The highest BCUT2D eigenvalue weighted by molar-refractivity contribution is 5.73. The highest BCUT2D eigenvalue weighted by Crippen LogP contribution is 2.09. The second-order valence-corrected chi connectivity index (χ2v) is 5.47. The van der Waals surface area contributed by atoms with Crippen molar-refractivity contribution in [3.8, 4) is 11.8 Å². The molecule has 1 aromatic carbocycles. The lowest BCUT2D eigenvalue weighted by molar-refractivity contribution is -0.141. The van der Waals surface area contributed by atoms with Gasteiger partial charge in [-0.05, 0) is 25.0 Å². The molecule has 0 amide bonds. The average molecular weight is 289 g/mol. The summed E-state index contributed by atoms with van der Waals surface area (Å²) >= 11 is 0. The van der Waals surface area contributed by atoms with Gasteiger partial charge in [0.15, 0.2) is 0 Å². The van der Waals surface area contributed by atoms with Crippen LogP contribution in [0.25, 0.3) is 0 Å². The minimum atomic E-state index is -1.28. The number of carboxylic acid groups (broad SMARTS) is 1. The number of hydrogen-bond donors (Lipinski definition) is 3. The van der Waals surface area contributed by atoms with E-state index in [9.17, 15) is 15.0 Å². The molecule has 0 radical (unpaired) electrons. The van der Waals surface area contributed by atoms with Crippen LogP contribution in [0.2, 0.25) is 0 Å². The molecule has 21 heavy (non-hydrogen) atoms. The maximum atomic E-state index is 11.2. The summed E-state index contributed by atoms with van der Waals surface area (Å²) in [6.07, 6.45) is 0.752. The molecule has 0 bridgehead atoms. The van der Waals surface area contributed by atoms with Gasteiger partial charge in [-0.15, -0.1) is 0 Å². The summed E-state index contributed by atoms with van der Waals surface area (Å²) in [4.78, 5) is 11.2. The fourth-order valence-corrected chi connectivity index (χ4v) is 1.85. The number of nitrogens with one attached hydrogen (secondary N) is 1. The summed E-state index contributed by atoms with van der Waals surface area (Å²) in [7, 11) is 0. The Hall–Kier alpha value is -1.83. The number of aliphatic hydroxyl groups is 1. The van der Waals surface area contributed by atoms with Crippen molar-refractivity contribution in [2.24, 2.45) is 5.92 Å². The van der Waals surface area contributed by atoms with Crippen LogP contribution in [0.3, 0.4) is 0 Å². The molecule has 0 saturated carbocycles. The Morgan fingerprint density at radius 1 is 1.38 bits per heavy atom. The van der Waals surface area contributed by atoms with Crippen LogP contribution in [-0.2, 0) is 4.79 Å². The van der Waals surface area contributed by atoms with Gasteiger partial charge in [-0.25, -0.2) is 0 Å². The van der Waals surface area contributed by atoms with Crippen LogP contribution < -0.4 is 5.32 Å². The smallest absolute Gasteiger partial charge is 0.320 e. The molecule has 1 rings (SSSR count). The second-order valence-electron chi connectivity index (χ2n) is 5.47. The van der Waals surface area contributed by atoms with E-state index < -0.39 is 17.6 Å². The van der Waals surface area contributed by atoms with Gasteiger partial charge in [0.2, 0.25) is 0 Å². The average Bonchev–Trinajstić information content (AvgIpc) is 2.45. The van der Waals surface area contributed by atoms with Gasteiger partial charge in [0.1, 0.15) is 11.6 Å². The summed E-state index contributed by atoms with van der Waals surface area (Å²) in [5.41, 5.74) is -0.466. The van der Waals surface area contributed by atoms with Crippen molar-refractivity contribution in [2.75, 3.05) is 6.54 Å². The third kappa shape index (κ3) is 5.99. The van der Waals surface area contributed by atoms with Crippen molar-refractivity contribution in [2.45, 2.75) is 38.8 Å². The number of benzene rings is 1. The molecule has 3 N–H and O–H groups in total. The Labute approximate surface area is 126 Å². The van der Waals surface area contributed by atoms with Crippen LogP contribution in [0.1, 0.15) is 32.8 Å². The monoisotopic (exact) mass is 289 g/mol. The third-order valence-electron chi connectivity index (χ3n) is 3.40. The van der Waals surface area contributed by atoms with E-state index in [0.717, 1.165) is 12.0 Å². The zero-order valence-electron chi connectivity index (χ0n) is 12.8. The first kappa shape index (κ1) is 17.2. The van der Waals surface area contributed by atoms with E-state index >= 15 is 0 Å². The Balaban J connectivity index is 2.68. The molecule has 4 nitrogen and oxygen atoms in total. The van der Waals surface area contributed by atoms with E-state index in [-0.39, 0.29) is 12.5 Å². The standard InChI is InChI=1S/C17H23NO3/c1-4-13(2)15(16(19)20)18-12-17(3,21)11-10-14-8-6-5-7-9-14/h5-9,13,15,18,21H,4,12H2,1-3H3,(H,19,20)/t13-,15-,17-/m1/s1. The largest absolute Gasteiger partial charge is 0.480 e. The molecule has 0 fully saturated rings. The lowest BCUT2D eigenvalue weighted by atomic mass is 9.98. The van der Waals surface area contributed by atoms with E-state index in [2.05, 4.69) is 17.2 Å². The highest BCUT2D eigenvalue weighted by atomic mass is 16.4. The molecule has 0 heterocycles. The van der Waals surface area contributed by atoms with Crippen molar-refractivity contribution in [3.63, 3.8) is 0 Å². The van der Waals surface area contributed by atoms with Crippen molar-refractivity contribution in [1.82, 2.24) is 5.32 Å². The Bertz CT molecular complexity index is 514. The van der Waals surface area contributed by atoms with Gasteiger partial charge in [-0.3, -0.25) is 4.79 Å². The molecule has 1 aromatic rings. The zero-order chi connectivity index (χ0) is 15.9. The first-order valence-corrected chi connectivity index (χ1v) is 7.12. The van der Waals surface area contributed by atoms with E-state index in [1.54, 1.807) is 6.92 Å². The summed E-state index contributed by atoms with van der Waals surface area (Å²) < 4.78 is 0. The van der Waals surface area contributed by atoms with Crippen LogP contribution in [0.5, 0.6) is 0 Å². The molecule has 0 aliphatic carbocycles. The second kappa shape index (κ2) is 7.82. The minimum absolute atomic E-state index is 0.0135. The minimum Gasteiger partial charge on any atom is -0.480 e. The van der Waals surface area contributed by atoms with Crippen molar-refractivity contribution in [1.29, 1.82) is 0 Å². The van der Waals surface area contributed by atoms with Crippen molar-refractivity contribution < 1.29 is 15.0 Å². The molecule has 3 atom stereocenters. The number of aliphatic carboxylic acids is 1. The quantitative estimate of drug-likeness (QED) is 0.699. The predicted octanol–water partition coefficient (Wildman–Crippen LogP) is 1.88. The van der Waals surface area contributed by atoms with Gasteiger partial charge < -0.3 is 15.5 Å². The van der Waals surface area contributed by atoms with Crippen molar-refractivity contribution in [3.05, 3.63) is 35.9 Å². The molecule has 0 aromatic heterocycles. The van der Waals surface area contributed by atoms with Gasteiger partial charge >= 0.3 is 5.97 Å². The molecule has 0 aliphatic rings.